The van der Waals surface area contributed by atoms with Gasteiger partial charge in [-0.05, 0) is 36.2 Å². The highest BCUT2D eigenvalue weighted by Crippen LogP contribution is 2.31. The maximum atomic E-state index is 9.32. The summed E-state index contributed by atoms with van der Waals surface area (Å²) in [7, 11) is 1.72. The molecule has 2 heterocycles. The summed E-state index contributed by atoms with van der Waals surface area (Å²) in [6, 6.07) is 9.81. The smallest absolute Gasteiger partial charge is 0.120 e. The molecule has 7 heteroatoms. The number of rotatable bonds is 9. The number of pyridine rings is 1. The summed E-state index contributed by atoms with van der Waals surface area (Å²) in [5, 5.41) is 10.1. The predicted octanol–water partition coefficient (Wildman–Crippen LogP) is 3.53. The van der Waals surface area contributed by atoms with Crippen molar-refractivity contribution < 1.29 is 14.6 Å². The van der Waals surface area contributed by atoms with Crippen molar-refractivity contribution >= 4 is 17.3 Å². The average Bonchev–Trinajstić information content (AvgIpc) is 2.76. The Kier molecular flexibility index (Phi) is 8.12. The van der Waals surface area contributed by atoms with E-state index < -0.39 is 0 Å². The van der Waals surface area contributed by atoms with Crippen LogP contribution in [0.5, 0.6) is 5.75 Å². The number of halogens is 1. The topological polar surface area (TPSA) is 58.1 Å². The van der Waals surface area contributed by atoms with E-state index in [-0.39, 0.29) is 12.7 Å². The summed E-state index contributed by atoms with van der Waals surface area (Å²) in [6.07, 6.45) is 2.65. The zero-order valence-corrected chi connectivity index (χ0v) is 17.9. The Labute approximate surface area is 178 Å². The van der Waals surface area contributed by atoms with Gasteiger partial charge in [-0.25, -0.2) is 0 Å². The second-order valence-electron chi connectivity index (χ2n) is 7.21. The quantitative estimate of drug-likeness (QED) is 0.671. The number of aromatic nitrogens is 1. The van der Waals surface area contributed by atoms with Crippen LogP contribution >= 0.6 is 11.6 Å². The summed E-state index contributed by atoms with van der Waals surface area (Å²) in [4.78, 5) is 8.87. The van der Waals surface area contributed by atoms with Crippen molar-refractivity contribution in [3.05, 3.63) is 52.8 Å². The van der Waals surface area contributed by atoms with Gasteiger partial charge in [0.05, 0.1) is 35.7 Å². The Morgan fingerprint density at radius 2 is 1.97 bits per heavy atom. The fourth-order valence-electron chi connectivity index (χ4n) is 3.56. The molecule has 3 rings (SSSR count). The second-order valence-corrected chi connectivity index (χ2v) is 7.62. The molecule has 6 nitrogen and oxygen atoms in total. The zero-order valence-electron chi connectivity index (χ0n) is 17.2. The minimum Gasteiger partial charge on any atom is -0.494 e. The highest BCUT2D eigenvalue weighted by Gasteiger charge is 2.22. The lowest BCUT2D eigenvalue weighted by atomic mass is 10.1. The lowest BCUT2D eigenvalue weighted by Crippen LogP contribution is -2.47. The van der Waals surface area contributed by atoms with Crippen LogP contribution in [0.3, 0.4) is 0 Å². The number of anilines is 1. The van der Waals surface area contributed by atoms with Gasteiger partial charge in [0.15, 0.2) is 0 Å². The van der Waals surface area contributed by atoms with Gasteiger partial charge >= 0.3 is 0 Å². The lowest BCUT2D eigenvalue weighted by Gasteiger charge is -2.37. The van der Waals surface area contributed by atoms with Gasteiger partial charge in [0.2, 0.25) is 0 Å². The maximum absolute atomic E-state index is 9.32. The van der Waals surface area contributed by atoms with Gasteiger partial charge in [-0.1, -0.05) is 18.5 Å². The van der Waals surface area contributed by atoms with Crippen LogP contribution in [0, 0.1) is 0 Å². The third-order valence-electron chi connectivity index (χ3n) is 5.19. The van der Waals surface area contributed by atoms with Gasteiger partial charge in [-0.3, -0.25) is 9.88 Å². The Balaban J connectivity index is 1.57. The van der Waals surface area contributed by atoms with Crippen molar-refractivity contribution in [3.63, 3.8) is 0 Å². The van der Waals surface area contributed by atoms with Crippen LogP contribution in [-0.2, 0) is 11.3 Å². The lowest BCUT2D eigenvalue weighted by molar-refractivity contribution is 0.0613. The van der Waals surface area contributed by atoms with Crippen molar-refractivity contribution in [2.75, 3.05) is 51.3 Å². The van der Waals surface area contributed by atoms with Gasteiger partial charge < -0.3 is 19.5 Å². The molecule has 1 fully saturated rings. The Bertz CT molecular complexity index is 782. The molecule has 0 spiro atoms. The second kappa shape index (κ2) is 10.8. The number of piperazine rings is 1. The molecule has 1 saturated heterocycles. The fourth-order valence-corrected chi connectivity index (χ4v) is 3.85. The first-order valence-electron chi connectivity index (χ1n) is 10.1. The SMILES string of the molecule is CCCOc1ccc(N2CCN(CC(OC)c3ccnc(CO)c3)CC2)c(Cl)c1. The molecule has 29 heavy (non-hydrogen) atoms. The molecule has 0 bridgehead atoms. The summed E-state index contributed by atoms with van der Waals surface area (Å²) < 4.78 is 11.4. The van der Waals surface area contributed by atoms with Crippen LogP contribution in [-0.4, -0.2) is 61.4 Å². The van der Waals surface area contributed by atoms with Crippen LogP contribution < -0.4 is 9.64 Å². The van der Waals surface area contributed by atoms with Crippen LogP contribution in [0.1, 0.15) is 30.7 Å². The van der Waals surface area contributed by atoms with E-state index in [9.17, 15) is 5.11 Å². The van der Waals surface area contributed by atoms with E-state index in [1.165, 1.54) is 0 Å². The summed E-state index contributed by atoms with van der Waals surface area (Å²) >= 11 is 6.51. The van der Waals surface area contributed by atoms with Crippen molar-refractivity contribution in [2.45, 2.75) is 26.1 Å². The van der Waals surface area contributed by atoms with Crippen LogP contribution in [0.2, 0.25) is 5.02 Å². The fraction of sp³-hybridized carbons (Fsp3) is 0.500. The zero-order chi connectivity index (χ0) is 20.6. The molecule has 1 aliphatic rings. The molecular formula is C22H30ClN3O3. The molecule has 158 valence electrons. The Morgan fingerprint density at radius 3 is 2.62 bits per heavy atom. The van der Waals surface area contributed by atoms with Gasteiger partial charge in [0.25, 0.3) is 0 Å². The molecular weight excluding hydrogens is 390 g/mol. The maximum Gasteiger partial charge on any atom is 0.120 e. The van der Waals surface area contributed by atoms with E-state index in [1.807, 2.05) is 30.3 Å². The van der Waals surface area contributed by atoms with Gasteiger partial charge in [0.1, 0.15) is 5.75 Å². The highest BCUT2D eigenvalue weighted by atomic mass is 35.5. The number of hydrogen-bond acceptors (Lipinski definition) is 6. The molecule has 0 amide bonds. The van der Waals surface area contributed by atoms with Gasteiger partial charge in [-0.2, -0.15) is 0 Å². The number of methoxy groups -OCH3 is 1. The Morgan fingerprint density at radius 1 is 1.17 bits per heavy atom. The number of benzene rings is 1. The summed E-state index contributed by atoms with van der Waals surface area (Å²) in [6.45, 7) is 7.20. The molecule has 1 aromatic carbocycles. The minimum absolute atomic E-state index is 0.0477. The first kappa shape index (κ1) is 21.8. The first-order valence-corrected chi connectivity index (χ1v) is 10.5. The molecule has 1 unspecified atom stereocenters. The molecule has 1 N–H and O–H groups in total. The number of hydrogen-bond donors (Lipinski definition) is 1. The van der Waals surface area contributed by atoms with E-state index in [0.717, 1.165) is 61.2 Å². The largest absolute Gasteiger partial charge is 0.494 e. The van der Waals surface area contributed by atoms with Crippen molar-refractivity contribution in [3.8, 4) is 5.75 Å². The van der Waals surface area contributed by atoms with Crippen LogP contribution in [0.25, 0.3) is 0 Å². The van der Waals surface area contributed by atoms with Crippen LogP contribution in [0.15, 0.2) is 36.5 Å². The average molecular weight is 420 g/mol. The number of aliphatic hydroxyl groups is 1. The summed E-state index contributed by atoms with van der Waals surface area (Å²) in [5.74, 6) is 0.821. The molecule has 1 aliphatic heterocycles. The van der Waals surface area contributed by atoms with E-state index in [2.05, 4.69) is 21.7 Å². The Hall–Kier alpha value is -1.86. The van der Waals surface area contributed by atoms with E-state index in [4.69, 9.17) is 21.1 Å². The molecule has 1 atom stereocenters. The minimum atomic E-state index is -0.0635. The number of nitrogens with zero attached hydrogens (tertiary/aromatic N) is 3. The molecule has 1 aromatic heterocycles. The monoisotopic (exact) mass is 419 g/mol. The van der Waals surface area contributed by atoms with E-state index in [0.29, 0.717) is 12.3 Å². The molecule has 0 radical (unpaired) electrons. The standard InChI is InChI=1S/C22H30ClN3O3/c1-3-12-29-19-4-5-21(20(23)14-19)26-10-8-25(9-11-26)15-22(28-2)17-6-7-24-18(13-17)16-27/h4-7,13-14,22,27H,3,8-12,15-16H2,1-2H3. The number of ether oxygens (including phenoxy) is 2. The van der Waals surface area contributed by atoms with Gasteiger partial charge in [-0.15, -0.1) is 0 Å². The number of aliphatic hydroxyl groups excluding tert-OH is 1. The van der Waals surface area contributed by atoms with Crippen LogP contribution in [0.4, 0.5) is 5.69 Å². The molecule has 0 saturated carbocycles. The van der Waals surface area contributed by atoms with Crippen molar-refractivity contribution in [2.24, 2.45) is 0 Å². The first-order chi connectivity index (χ1) is 14.1. The van der Waals surface area contributed by atoms with E-state index in [1.54, 1.807) is 13.3 Å². The van der Waals surface area contributed by atoms with Crippen molar-refractivity contribution in [1.82, 2.24) is 9.88 Å². The third-order valence-corrected chi connectivity index (χ3v) is 5.49. The molecule has 0 aliphatic carbocycles. The molecule has 2 aromatic rings. The highest BCUT2D eigenvalue weighted by molar-refractivity contribution is 6.33. The summed E-state index contributed by atoms with van der Waals surface area (Å²) in [5.41, 5.74) is 2.76. The predicted molar refractivity (Wildman–Crippen MR) is 116 cm³/mol. The third kappa shape index (κ3) is 5.82. The van der Waals surface area contributed by atoms with E-state index >= 15 is 0 Å². The van der Waals surface area contributed by atoms with Gasteiger partial charge in [0, 0.05) is 52.1 Å². The van der Waals surface area contributed by atoms with Crippen molar-refractivity contribution in [1.29, 1.82) is 0 Å². The normalized spacial score (nSPS) is 16.1.